The normalized spacial score (nSPS) is 21.4. The number of rotatable bonds is 6. The molecular formula is C19H23NO3. The molecule has 1 aliphatic carbocycles. The number of imide groups is 1. The predicted molar refractivity (Wildman–Crippen MR) is 87.8 cm³/mol. The summed E-state index contributed by atoms with van der Waals surface area (Å²) in [5.74, 6) is 0.449. The number of cyclic esters (lactones) is 1. The first-order chi connectivity index (χ1) is 11.2. The topological polar surface area (TPSA) is 46.6 Å². The molecule has 0 radical (unpaired) electrons. The first-order valence-electron chi connectivity index (χ1n) is 8.42. The maximum Gasteiger partial charge on any atom is 0.417 e. The number of hydrogen-bond acceptors (Lipinski definition) is 3. The molecule has 1 saturated heterocycles. The van der Waals surface area contributed by atoms with Crippen LogP contribution in [-0.4, -0.2) is 29.5 Å². The van der Waals surface area contributed by atoms with E-state index < -0.39 is 6.09 Å². The Kier molecular flexibility index (Phi) is 4.79. The molecule has 2 aliphatic rings. The Labute approximate surface area is 137 Å². The summed E-state index contributed by atoms with van der Waals surface area (Å²) in [6.07, 6.45) is 6.06. The number of ether oxygens (including phenoxy) is 1. The summed E-state index contributed by atoms with van der Waals surface area (Å²) in [5.41, 5.74) is 1.88. The van der Waals surface area contributed by atoms with Gasteiger partial charge in [0.15, 0.2) is 0 Å². The molecule has 122 valence electrons. The molecule has 1 heterocycles. The van der Waals surface area contributed by atoms with Gasteiger partial charge < -0.3 is 4.74 Å². The van der Waals surface area contributed by atoms with E-state index in [1.807, 2.05) is 43.3 Å². The summed E-state index contributed by atoms with van der Waals surface area (Å²) in [6.45, 7) is 2.30. The van der Waals surface area contributed by atoms with Crippen LogP contribution in [-0.2, 0) is 16.0 Å². The molecule has 4 heteroatoms. The van der Waals surface area contributed by atoms with Crippen molar-refractivity contribution in [2.45, 2.75) is 45.1 Å². The molecule has 1 atom stereocenters. The lowest BCUT2D eigenvalue weighted by molar-refractivity contribution is -0.125. The van der Waals surface area contributed by atoms with Gasteiger partial charge in [0.2, 0.25) is 0 Å². The summed E-state index contributed by atoms with van der Waals surface area (Å²) in [6, 6.07) is 9.71. The molecule has 0 unspecified atom stereocenters. The minimum Gasteiger partial charge on any atom is -0.447 e. The number of nitrogens with zero attached hydrogens (tertiary/aromatic N) is 1. The summed E-state index contributed by atoms with van der Waals surface area (Å²) in [5, 5.41) is 0. The monoisotopic (exact) mass is 313 g/mol. The Bertz CT molecular complexity index is 604. The van der Waals surface area contributed by atoms with Crippen LogP contribution < -0.4 is 0 Å². The lowest BCUT2D eigenvalue weighted by Crippen LogP contribution is -2.41. The number of carbonyl (C=O) groups is 2. The fourth-order valence-corrected chi connectivity index (χ4v) is 3.04. The lowest BCUT2D eigenvalue weighted by Gasteiger charge is -2.21. The van der Waals surface area contributed by atoms with Crippen molar-refractivity contribution in [1.29, 1.82) is 0 Å². The van der Waals surface area contributed by atoms with Crippen LogP contribution in [0.3, 0.4) is 0 Å². The Morgan fingerprint density at radius 1 is 1.30 bits per heavy atom. The Morgan fingerprint density at radius 2 is 2.04 bits per heavy atom. The van der Waals surface area contributed by atoms with Gasteiger partial charge >= 0.3 is 6.09 Å². The largest absolute Gasteiger partial charge is 0.447 e. The van der Waals surface area contributed by atoms with E-state index >= 15 is 0 Å². The van der Waals surface area contributed by atoms with Crippen LogP contribution in [0.4, 0.5) is 4.79 Å². The van der Waals surface area contributed by atoms with Crippen molar-refractivity contribution in [3.8, 4) is 0 Å². The number of allylic oxidation sites excluding steroid dienone is 1. The predicted octanol–water partition coefficient (Wildman–Crippen LogP) is 3.71. The third kappa shape index (κ3) is 3.81. The zero-order valence-corrected chi connectivity index (χ0v) is 13.5. The van der Waals surface area contributed by atoms with Gasteiger partial charge in [-0.15, -0.1) is 0 Å². The van der Waals surface area contributed by atoms with E-state index in [1.54, 1.807) is 0 Å². The standard InChI is InChI=1S/C19H23NO3/c1-2-6-16(11-15-9-10-15)18(21)20-17(13-23-19(20)22)12-14-7-4-3-5-8-14/h3-8,15,17H,2,9-13H2,1H3/b16-6+/t17-/m0/s1. The summed E-state index contributed by atoms with van der Waals surface area (Å²) in [7, 11) is 0. The molecule has 3 rings (SSSR count). The van der Waals surface area contributed by atoms with Gasteiger partial charge in [-0.1, -0.05) is 43.3 Å². The number of carbonyl (C=O) groups excluding carboxylic acids is 2. The van der Waals surface area contributed by atoms with Crippen molar-refractivity contribution in [3.05, 3.63) is 47.5 Å². The molecule has 2 fully saturated rings. The van der Waals surface area contributed by atoms with Gasteiger partial charge in [-0.2, -0.15) is 0 Å². The molecule has 0 aromatic heterocycles. The molecule has 0 bridgehead atoms. The van der Waals surface area contributed by atoms with Crippen molar-refractivity contribution in [1.82, 2.24) is 4.90 Å². The molecule has 2 amide bonds. The second kappa shape index (κ2) is 6.99. The number of hydrogen-bond donors (Lipinski definition) is 0. The van der Waals surface area contributed by atoms with E-state index in [-0.39, 0.29) is 18.6 Å². The zero-order chi connectivity index (χ0) is 16.2. The minimum atomic E-state index is -0.506. The Balaban J connectivity index is 1.75. The van der Waals surface area contributed by atoms with Gasteiger partial charge in [0.05, 0.1) is 6.04 Å². The van der Waals surface area contributed by atoms with Crippen LogP contribution in [0.2, 0.25) is 0 Å². The molecule has 23 heavy (non-hydrogen) atoms. The molecular weight excluding hydrogens is 290 g/mol. The second-order valence-electron chi connectivity index (χ2n) is 6.38. The third-order valence-electron chi connectivity index (χ3n) is 4.42. The maximum absolute atomic E-state index is 12.9. The molecule has 0 N–H and O–H groups in total. The summed E-state index contributed by atoms with van der Waals surface area (Å²) in [4.78, 5) is 26.3. The summed E-state index contributed by atoms with van der Waals surface area (Å²) >= 11 is 0. The van der Waals surface area contributed by atoms with E-state index in [9.17, 15) is 9.59 Å². The van der Waals surface area contributed by atoms with Crippen molar-refractivity contribution in [3.63, 3.8) is 0 Å². The van der Waals surface area contributed by atoms with Gasteiger partial charge in [-0.3, -0.25) is 4.79 Å². The highest BCUT2D eigenvalue weighted by molar-refractivity contribution is 6.03. The maximum atomic E-state index is 12.9. The minimum absolute atomic E-state index is 0.165. The van der Waals surface area contributed by atoms with Crippen LogP contribution in [0.5, 0.6) is 0 Å². The van der Waals surface area contributed by atoms with Crippen LogP contribution in [0.1, 0.15) is 38.2 Å². The van der Waals surface area contributed by atoms with Crippen LogP contribution >= 0.6 is 0 Å². The zero-order valence-electron chi connectivity index (χ0n) is 13.5. The molecule has 1 aliphatic heterocycles. The van der Waals surface area contributed by atoms with Gasteiger partial charge in [-0.05, 0) is 43.6 Å². The van der Waals surface area contributed by atoms with Gasteiger partial charge in [0.1, 0.15) is 6.61 Å². The van der Waals surface area contributed by atoms with Crippen molar-refractivity contribution < 1.29 is 14.3 Å². The molecule has 0 spiro atoms. The fourth-order valence-electron chi connectivity index (χ4n) is 3.04. The molecule has 1 aromatic carbocycles. The van der Waals surface area contributed by atoms with Crippen molar-refractivity contribution in [2.24, 2.45) is 5.92 Å². The first kappa shape index (κ1) is 15.8. The van der Waals surface area contributed by atoms with Crippen molar-refractivity contribution >= 4 is 12.0 Å². The Hall–Kier alpha value is -2.10. The summed E-state index contributed by atoms with van der Waals surface area (Å²) < 4.78 is 5.16. The third-order valence-corrected chi connectivity index (χ3v) is 4.42. The van der Waals surface area contributed by atoms with Crippen LogP contribution in [0, 0.1) is 5.92 Å². The van der Waals surface area contributed by atoms with Crippen LogP contribution in [0.25, 0.3) is 0 Å². The lowest BCUT2D eigenvalue weighted by atomic mass is 10.0. The van der Waals surface area contributed by atoms with Gasteiger partial charge in [0.25, 0.3) is 5.91 Å². The van der Waals surface area contributed by atoms with E-state index in [0.29, 0.717) is 12.3 Å². The van der Waals surface area contributed by atoms with Gasteiger partial charge in [0, 0.05) is 5.57 Å². The highest BCUT2D eigenvalue weighted by Gasteiger charge is 2.39. The highest BCUT2D eigenvalue weighted by atomic mass is 16.6. The average molecular weight is 313 g/mol. The van der Waals surface area contributed by atoms with Crippen LogP contribution in [0.15, 0.2) is 42.0 Å². The number of benzene rings is 1. The fraction of sp³-hybridized carbons (Fsp3) is 0.474. The SMILES string of the molecule is CC/C=C(\CC1CC1)C(=O)N1C(=O)OC[C@@H]1Cc1ccccc1. The smallest absolute Gasteiger partial charge is 0.417 e. The van der Waals surface area contributed by atoms with Crippen molar-refractivity contribution in [2.75, 3.05) is 6.61 Å². The van der Waals surface area contributed by atoms with E-state index in [4.69, 9.17) is 4.74 Å². The molecule has 1 saturated carbocycles. The molecule has 1 aromatic rings. The quantitative estimate of drug-likeness (QED) is 0.752. The Morgan fingerprint density at radius 3 is 2.70 bits per heavy atom. The first-order valence-corrected chi connectivity index (χ1v) is 8.42. The van der Waals surface area contributed by atoms with E-state index in [1.165, 1.54) is 17.7 Å². The van der Waals surface area contributed by atoms with E-state index in [0.717, 1.165) is 24.0 Å². The second-order valence-corrected chi connectivity index (χ2v) is 6.38. The number of amides is 2. The molecule has 4 nitrogen and oxygen atoms in total. The average Bonchev–Trinajstić information content (AvgIpc) is 3.30. The van der Waals surface area contributed by atoms with E-state index in [2.05, 4.69) is 0 Å². The van der Waals surface area contributed by atoms with Gasteiger partial charge in [-0.25, -0.2) is 9.69 Å². The highest BCUT2D eigenvalue weighted by Crippen LogP contribution is 2.36.